The lowest BCUT2D eigenvalue weighted by Crippen LogP contribution is -2.33. The van der Waals surface area contributed by atoms with E-state index in [-0.39, 0.29) is 0 Å². The average molecular weight is 199 g/mol. The van der Waals surface area contributed by atoms with Gasteiger partial charge in [-0.05, 0) is 44.2 Å². The Morgan fingerprint density at radius 3 is 2.57 bits per heavy atom. The van der Waals surface area contributed by atoms with Crippen LogP contribution in [-0.2, 0) is 4.74 Å². The molecule has 2 heteroatoms. The Balaban J connectivity index is 2.41. The molecule has 84 valence electrons. The normalized spacial score (nSPS) is 25.3. The Bertz CT molecular complexity index is 156. The average Bonchev–Trinajstić information content (AvgIpc) is 2.54. The quantitative estimate of drug-likeness (QED) is 0.751. The molecule has 0 amide bonds. The zero-order chi connectivity index (χ0) is 10.6. The molecule has 1 heterocycles. The monoisotopic (exact) mass is 199 g/mol. The zero-order valence-corrected chi connectivity index (χ0v) is 10.1. The first-order valence-electron chi connectivity index (χ1n) is 5.80. The van der Waals surface area contributed by atoms with E-state index in [9.17, 15) is 0 Å². The second kappa shape index (κ2) is 5.13. The van der Waals surface area contributed by atoms with Crippen molar-refractivity contribution in [2.45, 2.75) is 46.1 Å². The van der Waals surface area contributed by atoms with Crippen LogP contribution in [0.25, 0.3) is 0 Å². The third-order valence-corrected chi connectivity index (χ3v) is 3.25. The van der Waals surface area contributed by atoms with Crippen molar-refractivity contribution in [3.8, 4) is 0 Å². The Hall–Kier alpha value is -0.0800. The van der Waals surface area contributed by atoms with Crippen LogP contribution in [0.15, 0.2) is 0 Å². The van der Waals surface area contributed by atoms with Crippen molar-refractivity contribution in [1.29, 1.82) is 0 Å². The van der Waals surface area contributed by atoms with Gasteiger partial charge in [-0.2, -0.15) is 0 Å². The van der Waals surface area contributed by atoms with Gasteiger partial charge < -0.3 is 10.1 Å². The first-order chi connectivity index (χ1) is 6.54. The van der Waals surface area contributed by atoms with Gasteiger partial charge in [-0.15, -0.1) is 0 Å². The van der Waals surface area contributed by atoms with Gasteiger partial charge in [-0.25, -0.2) is 0 Å². The second-order valence-electron chi connectivity index (χ2n) is 5.49. The van der Waals surface area contributed by atoms with E-state index in [1.807, 2.05) is 7.05 Å². The molecule has 1 aliphatic rings. The molecular formula is C12H25NO. The summed E-state index contributed by atoms with van der Waals surface area (Å²) in [7, 11) is 2.04. The highest BCUT2D eigenvalue weighted by Crippen LogP contribution is 2.32. The molecule has 0 bridgehead atoms. The molecule has 1 rings (SSSR count). The van der Waals surface area contributed by atoms with Gasteiger partial charge in [0.1, 0.15) is 0 Å². The van der Waals surface area contributed by atoms with Gasteiger partial charge in [0.2, 0.25) is 0 Å². The maximum Gasteiger partial charge on any atom is 0.0579 e. The molecule has 14 heavy (non-hydrogen) atoms. The van der Waals surface area contributed by atoms with Crippen molar-refractivity contribution >= 4 is 0 Å². The molecule has 0 aromatic carbocycles. The molecule has 0 aromatic heterocycles. The molecule has 2 nitrogen and oxygen atoms in total. The van der Waals surface area contributed by atoms with E-state index < -0.39 is 0 Å². The fraction of sp³-hybridized carbons (Fsp3) is 1.00. The summed E-state index contributed by atoms with van der Waals surface area (Å²) in [6, 6.07) is 0. The maximum absolute atomic E-state index is 5.70. The second-order valence-corrected chi connectivity index (χ2v) is 5.49. The molecule has 0 aromatic rings. The van der Waals surface area contributed by atoms with Crippen LogP contribution < -0.4 is 5.32 Å². The predicted octanol–water partition coefficient (Wildman–Crippen LogP) is 2.44. The highest BCUT2D eigenvalue weighted by atomic mass is 16.5. The van der Waals surface area contributed by atoms with Gasteiger partial charge in [-0.3, -0.25) is 0 Å². The molecule has 0 aliphatic carbocycles. The first kappa shape index (κ1) is 12.0. The van der Waals surface area contributed by atoms with Gasteiger partial charge in [-0.1, -0.05) is 20.8 Å². The summed E-state index contributed by atoms with van der Waals surface area (Å²) >= 11 is 0. The van der Waals surface area contributed by atoms with Crippen LogP contribution in [0.3, 0.4) is 0 Å². The summed E-state index contributed by atoms with van der Waals surface area (Å²) in [4.78, 5) is 0. The van der Waals surface area contributed by atoms with E-state index in [0.717, 1.165) is 19.1 Å². The standard InChI is InChI=1S/C12H25NO/c1-12(2,3)10(9-13-4)8-11-6-5-7-14-11/h10-11,13H,5-9H2,1-4H3. The lowest BCUT2D eigenvalue weighted by Gasteiger charge is -2.32. The molecule has 1 fully saturated rings. The van der Waals surface area contributed by atoms with Crippen LogP contribution in [0.5, 0.6) is 0 Å². The van der Waals surface area contributed by atoms with Gasteiger partial charge in [0.25, 0.3) is 0 Å². The third kappa shape index (κ3) is 3.58. The van der Waals surface area contributed by atoms with E-state index in [1.165, 1.54) is 19.3 Å². The number of hydrogen-bond donors (Lipinski definition) is 1. The fourth-order valence-corrected chi connectivity index (χ4v) is 2.14. The lowest BCUT2D eigenvalue weighted by molar-refractivity contribution is 0.0669. The Morgan fingerprint density at radius 1 is 1.43 bits per heavy atom. The summed E-state index contributed by atoms with van der Waals surface area (Å²) in [6.45, 7) is 9.04. The van der Waals surface area contributed by atoms with E-state index in [2.05, 4.69) is 26.1 Å². The highest BCUT2D eigenvalue weighted by Gasteiger charge is 2.28. The van der Waals surface area contributed by atoms with Crippen molar-refractivity contribution in [2.75, 3.05) is 20.2 Å². The molecular weight excluding hydrogens is 174 g/mol. The fourth-order valence-electron chi connectivity index (χ4n) is 2.14. The van der Waals surface area contributed by atoms with Gasteiger partial charge in [0.05, 0.1) is 6.10 Å². The zero-order valence-electron chi connectivity index (χ0n) is 10.1. The summed E-state index contributed by atoms with van der Waals surface area (Å²) in [5, 5.41) is 3.29. The van der Waals surface area contributed by atoms with Crippen molar-refractivity contribution in [1.82, 2.24) is 5.32 Å². The predicted molar refractivity (Wildman–Crippen MR) is 60.5 cm³/mol. The van der Waals surface area contributed by atoms with E-state index in [4.69, 9.17) is 4.74 Å². The Kier molecular flexibility index (Phi) is 4.39. The van der Waals surface area contributed by atoms with Crippen LogP contribution in [0.1, 0.15) is 40.0 Å². The van der Waals surface area contributed by atoms with Crippen LogP contribution in [0, 0.1) is 11.3 Å². The van der Waals surface area contributed by atoms with Crippen LogP contribution in [0.2, 0.25) is 0 Å². The summed E-state index contributed by atoms with van der Waals surface area (Å²) < 4.78 is 5.70. The van der Waals surface area contributed by atoms with E-state index in [0.29, 0.717) is 11.5 Å². The Morgan fingerprint density at radius 2 is 2.14 bits per heavy atom. The molecule has 1 saturated heterocycles. The highest BCUT2D eigenvalue weighted by molar-refractivity contribution is 4.80. The third-order valence-electron chi connectivity index (χ3n) is 3.25. The SMILES string of the molecule is CNCC(CC1CCCO1)C(C)(C)C. The minimum Gasteiger partial charge on any atom is -0.378 e. The smallest absolute Gasteiger partial charge is 0.0579 e. The molecule has 1 N–H and O–H groups in total. The van der Waals surface area contributed by atoms with Crippen molar-refractivity contribution in [3.05, 3.63) is 0 Å². The molecule has 2 unspecified atom stereocenters. The summed E-state index contributed by atoms with van der Waals surface area (Å²) in [6.07, 6.45) is 4.24. The van der Waals surface area contributed by atoms with E-state index in [1.54, 1.807) is 0 Å². The Labute approximate surface area is 88.4 Å². The lowest BCUT2D eigenvalue weighted by atomic mass is 9.77. The first-order valence-corrected chi connectivity index (χ1v) is 5.80. The molecule has 2 atom stereocenters. The largest absolute Gasteiger partial charge is 0.378 e. The summed E-state index contributed by atoms with van der Waals surface area (Å²) in [5.41, 5.74) is 0.384. The minimum atomic E-state index is 0.384. The number of nitrogens with one attached hydrogen (secondary N) is 1. The number of ether oxygens (including phenoxy) is 1. The molecule has 0 radical (unpaired) electrons. The summed E-state index contributed by atoms with van der Waals surface area (Å²) in [5.74, 6) is 0.718. The van der Waals surface area contributed by atoms with Crippen LogP contribution in [0.4, 0.5) is 0 Å². The molecule has 1 aliphatic heterocycles. The van der Waals surface area contributed by atoms with Gasteiger partial charge >= 0.3 is 0 Å². The molecule has 0 saturated carbocycles. The van der Waals surface area contributed by atoms with E-state index >= 15 is 0 Å². The topological polar surface area (TPSA) is 21.3 Å². The van der Waals surface area contributed by atoms with Crippen molar-refractivity contribution < 1.29 is 4.74 Å². The van der Waals surface area contributed by atoms with Crippen molar-refractivity contribution in [2.24, 2.45) is 11.3 Å². The minimum absolute atomic E-state index is 0.384. The van der Waals surface area contributed by atoms with Crippen LogP contribution in [-0.4, -0.2) is 26.3 Å². The maximum atomic E-state index is 5.70. The number of hydrogen-bond acceptors (Lipinski definition) is 2. The molecule has 0 spiro atoms. The van der Waals surface area contributed by atoms with Gasteiger partial charge in [0.15, 0.2) is 0 Å². The van der Waals surface area contributed by atoms with Crippen molar-refractivity contribution in [3.63, 3.8) is 0 Å². The number of rotatable bonds is 4. The van der Waals surface area contributed by atoms with Gasteiger partial charge in [0, 0.05) is 6.61 Å². The van der Waals surface area contributed by atoms with Crippen LogP contribution >= 0.6 is 0 Å².